The van der Waals surface area contributed by atoms with Crippen LogP contribution in [0.2, 0.25) is 0 Å². The van der Waals surface area contributed by atoms with E-state index in [-0.39, 0.29) is 11.9 Å². The number of furan rings is 1. The molecule has 120 valence electrons. The molecule has 1 amide bonds. The number of hydrogen-bond donors (Lipinski definition) is 1. The Hall–Kier alpha value is -2.04. The monoisotopic (exact) mass is 305 g/mol. The maximum atomic E-state index is 12.1. The van der Waals surface area contributed by atoms with Crippen LogP contribution in [0.25, 0.3) is 6.08 Å². The summed E-state index contributed by atoms with van der Waals surface area (Å²) < 4.78 is 10.2. The standard InChI is InChI=1S/C17H23NO4/c1-12-6-3-4-8-15(12)18-17(20)13(2)22-16(19)10-9-14-7-5-11-21-14/h5,7,9-13,15H,3-4,6,8H2,1-2H3,(H,18,20)/b10-9+/t12-,13+,15-/m1/s1. The largest absolute Gasteiger partial charge is 0.465 e. The van der Waals surface area contributed by atoms with Crippen molar-refractivity contribution in [2.45, 2.75) is 51.7 Å². The molecule has 0 radical (unpaired) electrons. The predicted octanol–water partition coefficient (Wildman–Crippen LogP) is 2.92. The van der Waals surface area contributed by atoms with E-state index in [1.807, 2.05) is 0 Å². The predicted molar refractivity (Wildman–Crippen MR) is 82.9 cm³/mol. The zero-order valence-corrected chi connectivity index (χ0v) is 13.1. The van der Waals surface area contributed by atoms with Gasteiger partial charge in [-0.25, -0.2) is 4.79 Å². The molecular formula is C17H23NO4. The van der Waals surface area contributed by atoms with Crippen LogP contribution in [0.15, 0.2) is 28.9 Å². The number of amides is 1. The Morgan fingerprint density at radius 1 is 1.41 bits per heavy atom. The van der Waals surface area contributed by atoms with Crippen LogP contribution in [0.1, 0.15) is 45.3 Å². The molecule has 0 unspecified atom stereocenters. The first-order valence-corrected chi connectivity index (χ1v) is 7.79. The highest BCUT2D eigenvalue weighted by Crippen LogP contribution is 2.23. The fourth-order valence-corrected chi connectivity index (χ4v) is 2.63. The summed E-state index contributed by atoms with van der Waals surface area (Å²) in [6, 6.07) is 3.64. The highest BCUT2D eigenvalue weighted by molar-refractivity contribution is 5.90. The first-order chi connectivity index (χ1) is 10.6. The smallest absolute Gasteiger partial charge is 0.331 e. The SMILES string of the molecule is C[C@H](OC(=O)/C=C/c1ccco1)C(=O)N[C@@H]1CCCC[C@H]1C. The molecule has 1 aromatic rings. The Labute approximate surface area is 130 Å². The van der Waals surface area contributed by atoms with Crippen molar-refractivity contribution >= 4 is 18.0 Å². The molecule has 1 aliphatic carbocycles. The summed E-state index contributed by atoms with van der Waals surface area (Å²) in [6.07, 6.45) is 7.96. The fraction of sp³-hybridized carbons (Fsp3) is 0.529. The van der Waals surface area contributed by atoms with Crippen LogP contribution in [0.3, 0.4) is 0 Å². The van der Waals surface area contributed by atoms with Gasteiger partial charge in [0.25, 0.3) is 5.91 Å². The van der Waals surface area contributed by atoms with E-state index in [4.69, 9.17) is 9.15 Å². The molecule has 1 heterocycles. The zero-order chi connectivity index (χ0) is 15.9. The molecule has 0 bridgehead atoms. The van der Waals surface area contributed by atoms with E-state index in [9.17, 15) is 9.59 Å². The van der Waals surface area contributed by atoms with Gasteiger partial charge in [0.1, 0.15) is 5.76 Å². The summed E-state index contributed by atoms with van der Waals surface area (Å²) in [4.78, 5) is 23.8. The van der Waals surface area contributed by atoms with Crippen molar-refractivity contribution in [1.82, 2.24) is 5.32 Å². The maximum Gasteiger partial charge on any atom is 0.331 e. The quantitative estimate of drug-likeness (QED) is 0.671. The van der Waals surface area contributed by atoms with Crippen LogP contribution in [-0.2, 0) is 14.3 Å². The van der Waals surface area contributed by atoms with Gasteiger partial charge >= 0.3 is 5.97 Å². The molecule has 1 aromatic heterocycles. The van der Waals surface area contributed by atoms with Crippen LogP contribution in [0.4, 0.5) is 0 Å². The van der Waals surface area contributed by atoms with Gasteiger partial charge in [0.2, 0.25) is 0 Å². The highest BCUT2D eigenvalue weighted by atomic mass is 16.5. The second-order valence-electron chi connectivity index (χ2n) is 5.80. The average Bonchev–Trinajstić information content (AvgIpc) is 3.00. The topological polar surface area (TPSA) is 68.5 Å². The second kappa shape index (κ2) is 7.82. The lowest BCUT2D eigenvalue weighted by Gasteiger charge is -2.30. The van der Waals surface area contributed by atoms with Crippen molar-refractivity contribution in [1.29, 1.82) is 0 Å². The Morgan fingerprint density at radius 3 is 2.86 bits per heavy atom. The highest BCUT2D eigenvalue weighted by Gasteiger charge is 2.25. The van der Waals surface area contributed by atoms with E-state index in [2.05, 4.69) is 12.2 Å². The lowest BCUT2D eigenvalue weighted by molar-refractivity contribution is -0.150. The summed E-state index contributed by atoms with van der Waals surface area (Å²) in [6.45, 7) is 3.73. The number of hydrogen-bond acceptors (Lipinski definition) is 4. The van der Waals surface area contributed by atoms with Crippen LogP contribution in [0, 0.1) is 5.92 Å². The Balaban J connectivity index is 1.79. The third-order valence-electron chi connectivity index (χ3n) is 4.03. The summed E-state index contributed by atoms with van der Waals surface area (Å²) in [5.41, 5.74) is 0. The molecule has 5 nitrogen and oxygen atoms in total. The lowest BCUT2D eigenvalue weighted by Crippen LogP contribution is -2.45. The summed E-state index contributed by atoms with van der Waals surface area (Å²) >= 11 is 0. The van der Waals surface area contributed by atoms with Gasteiger partial charge < -0.3 is 14.5 Å². The van der Waals surface area contributed by atoms with Gasteiger partial charge in [0.05, 0.1) is 6.26 Å². The third-order valence-corrected chi connectivity index (χ3v) is 4.03. The van der Waals surface area contributed by atoms with E-state index >= 15 is 0 Å². The lowest BCUT2D eigenvalue weighted by atomic mass is 9.86. The van der Waals surface area contributed by atoms with E-state index < -0.39 is 12.1 Å². The summed E-state index contributed by atoms with van der Waals surface area (Å²) in [7, 11) is 0. The first-order valence-electron chi connectivity index (χ1n) is 7.79. The first kappa shape index (κ1) is 16.3. The third kappa shape index (κ3) is 4.76. The Bertz CT molecular complexity index is 521. The minimum Gasteiger partial charge on any atom is -0.465 e. The van der Waals surface area contributed by atoms with Gasteiger partial charge in [0, 0.05) is 12.1 Å². The molecular weight excluding hydrogens is 282 g/mol. The maximum absolute atomic E-state index is 12.1. The van der Waals surface area contributed by atoms with E-state index in [0.717, 1.165) is 19.3 Å². The molecule has 3 atom stereocenters. The van der Waals surface area contributed by atoms with Crippen molar-refractivity contribution in [2.75, 3.05) is 0 Å². The summed E-state index contributed by atoms with van der Waals surface area (Å²) in [5, 5.41) is 2.98. The van der Waals surface area contributed by atoms with Crippen molar-refractivity contribution in [3.05, 3.63) is 30.2 Å². The summed E-state index contributed by atoms with van der Waals surface area (Å²) in [5.74, 6) is 0.235. The molecule has 1 aliphatic rings. The molecule has 1 N–H and O–H groups in total. The molecule has 1 saturated carbocycles. The zero-order valence-electron chi connectivity index (χ0n) is 13.1. The molecule has 22 heavy (non-hydrogen) atoms. The van der Waals surface area contributed by atoms with Gasteiger partial charge in [-0.1, -0.05) is 19.8 Å². The van der Waals surface area contributed by atoms with Gasteiger partial charge in [-0.15, -0.1) is 0 Å². The molecule has 5 heteroatoms. The number of ether oxygens (including phenoxy) is 1. The molecule has 0 saturated heterocycles. The van der Waals surface area contributed by atoms with Crippen LogP contribution in [-0.4, -0.2) is 24.0 Å². The normalized spacial score (nSPS) is 23.2. The fourth-order valence-electron chi connectivity index (χ4n) is 2.63. The van der Waals surface area contributed by atoms with E-state index in [0.29, 0.717) is 11.7 Å². The van der Waals surface area contributed by atoms with Crippen molar-refractivity contribution < 1.29 is 18.7 Å². The van der Waals surface area contributed by atoms with Gasteiger partial charge in [-0.3, -0.25) is 4.79 Å². The molecule has 1 fully saturated rings. The molecule has 2 rings (SSSR count). The van der Waals surface area contributed by atoms with Gasteiger partial charge in [-0.2, -0.15) is 0 Å². The molecule has 0 spiro atoms. The Kier molecular flexibility index (Phi) is 5.81. The van der Waals surface area contributed by atoms with Crippen molar-refractivity contribution in [3.63, 3.8) is 0 Å². The second-order valence-corrected chi connectivity index (χ2v) is 5.80. The number of carbonyl (C=O) groups excluding carboxylic acids is 2. The van der Waals surface area contributed by atoms with Crippen molar-refractivity contribution in [3.8, 4) is 0 Å². The number of nitrogens with one attached hydrogen (secondary N) is 1. The van der Waals surface area contributed by atoms with E-state index in [1.54, 1.807) is 19.1 Å². The molecule has 0 aliphatic heterocycles. The minimum absolute atomic E-state index is 0.182. The van der Waals surface area contributed by atoms with Gasteiger partial charge in [-0.05, 0) is 43.9 Å². The number of carbonyl (C=O) groups is 2. The van der Waals surface area contributed by atoms with Crippen molar-refractivity contribution in [2.24, 2.45) is 5.92 Å². The van der Waals surface area contributed by atoms with E-state index in [1.165, 1.54) is 24.8 Å². The Morgan fingerprint density at radius 2 is 2.18 bits per heavy atom. The van der Waals surface area contributed by atoms with Crippen LogP contribution >= 0.6 is 0 Å². The number of esters is 1. The average molecular weight is 305 g/mol. The molecule has 0 aromatic carbocycles. The van der Waals surface area contributed by atoms with Crippen LogP contribution in [0.5, 0.6) is 0 Å². The van der Waals surface area contributed by atoms with Crippen LogP contribution < -0.4 is 5.32 Å². The van der Waals surface area contributed by atoms with Gasteiger partial charge in [0.15, 0.2) is 6.10 Å². The minimum atomic E-state index is -0.803. The number of rotatable bonds is 5.